The number of carbonyl (C=O) groups excluding carboxylic acids is 2. The average molecular weight is 468 g/mol. The second kappa shape index (κ2) is 10.7. The third-order valence-electron chi connectivity index (χ3n) is 6.44. The van der Waals surface area contributed by atoms with Gasteiger partial charge in [0.15, 0.2) is 0 Å². The molecule has 0 spiro atoms. The average Bonchev–Trinajstić information content (AvgIpc) is 3.16. The van der Waals surface area contributed by atoms with E-state index >= 15 is 0 Å². The number of aliphatic hydroxyl groups is 1. The number of amides is 2. The van der Waals surface area contributed by atoms with Gasteiger partial charge in [0, 0.05) is 25.0 Å². The lowest BCUT2D eigenvalue weighted by molar-refractivity contribution is -0.143. The van der Waals surface area contributed by atoms with Crippen molar-refractivity contribution in [3.05, 3.63) is 59.7 Å². The highest BCUT2D eigenvalue weighted by molar-refractivity contribution is 5.84. The van der Waals surface area contributed by atoms with Gasteiger partial charge >= 0.3 is 12.1 Å². The Labute approximate surface area is 197 Å². The second-order valence-corrected chi connectivity index (χ2v) is 8.66. The minimum absolute atomic E-state index is 0.00654. The van der Waals surface area contributed by atoms with Gasteiger partial charge in [-0.2, -0.15) is 0 Å². The van der Waals surface area contributed by atoms with Gasteiger partial charge in [-0.3, -0.25) is 9.69 Å². The topological polar surface area (TPSA) is 128 Å². The Morgan fingerprint density at radius 1 is 1.00 bits per heavy atom. The zero-order valence-electron chi connectivity index (χ0n) is 18.8. The maximum atomic E-state index is 12.5. The summed E-state index contributed by atoms with van der Waals surface area (Å²) in [6.07, 6.45) is 0.852. The van der Waals surface area contributed by atoms with Crippen molar-refractivity contribution in [3.8, 4) is 11.1 Å². The number of aliphatic carboxylic acids is 1. The van der Waals surface area contributed by atoms with E-state index in [0.717, 1.165) is 11.1 Å². The number of fused-ring (bicyclic) bond motifs is 3. The van der Waals surface area contributed by atoms with Gasteiger partial charge < -0.3 is 25.6 Å². The molecule has 1 aliphatic carbocycles. The van der Waals surface area contributed by atoms with Gasteiger partial charge in [-0.1, -0.05) is 48.5 Å². The molecular weight excluding hydrogens is 438 g/mol. The monoisotopic (exact) mass is 467 g/mol. The molecule has 0 radical (unpaired) electrons. The zero-order chi connectivity index (χ0) is 24.1. The molecule has 0 bridgehead atoms. The first kappa shape index (κ1) is 23.7. The van der Waals surface area contributed by atoms with Gasteiger partial charge in [0.25, 0.3) is 0 Å². The lowest BCUT2D eigenvalue weighted by Gasteiger charge is -2.31. The van der Waals surface area contributed by atoms with E-state index in [1.54, 1.807) is 0 Å². The molecule has 180 valence electrons. The molecule has 0 aromatic heterocycles. The molecule has 2 aromatic rings. The number of carboxylic acid groups (broad SMARTS) is 1. The van der Waals surface area contributed by atoms with Crippen LogP contribution in [-0.4, -0.2) is 78.0 Å². The molecule has 2 amide bonds. The van der Waals surface area contributed by atoms with Crippen LogP contribution < -0.4 is 10.6 Å². The van der Waals surface area contributed by atoms with Crippen LogP contribution in [0.4, 0.5) is 4.79 Å². The SMILES string of the molecule is O=C(CN1CCC(NC(=O)OCC2c3ccccc3-c3ccccc32)CC1)NC(CO)C(=O)O. The minimum atomic E-state index is -1.31. The van der Waals surface area contributed by atoms with Crippen molar-refractivity contribution < 1.29 is 29.3 Å². The molecule has 34 heavy (non-hydrogen) atoms. The molecule has 1 unspecified atom stereocenters. The minimum Gasteiger partial charge on any atom is -0.480 e. The van der Waals surface area contributed by atoms with Gasteiger partial charge in [-0.25, -0.2) is 9.59 Å². The standard InChI is InChI=1S/C25H29N3O6/c29-14-22(24(31)32)27-23(30)13-28-11-9-16(10-12-28)26-25(33)34-15-21-19-7-3-1-5-17(19)18-6-2-4-8-20(18)21/h1-8,16,21-22,29H,9-15H2,(H,26,33)(H,27,30)(H,31,32). The van der Waals surface area contributed by atoms with Crippen molar-refractivity contribution in [2.45, 2.75) is 30.8 Å². The Morgan fingerprint density at radius 3 is 2.15 bits per heavy atom. The Balaban J connectivity index is 1.23. The maximum Gasteiger partial charge on any atom is 0.407 e. The van der Waals surface area contributed by atoms with E-state index < -0.39 is 30.6 Å². The van der Waals surface area contributed by atoms with Crippen molar-refractivity contribution in [2.75, 3.05) is 32.8 Å². The number of aliphatic hydroxyl groups excluding tert-OH is 1. The number of nitrogens with one attached hydrogen (secondary N) is 2. The molecule has 4 rings (SSSR count). The number of alkyl carbamates (subject to hydrolysis) is 1. The highest BCUT2D eigenvalue weighted by atomic mass is 16.5. The fourth-order valence-corrected chi connectivity index (χ4v) is 4.67. The van der Waals surface area contributed by atoms with E-state index in [4.69, 9.17) is 14.9 Å². The summed E-state index contributed by atoms with van der Waals surface area (Å²) in [6, 6.07) is 15.0. The third kappa shape index (κ3) is 5.37. The molecule has 0 saturated carbocycles. The summed E-state index contributed by atoms with van der Waals surface area (Å²) in [4.78, 5) is 37.3. The molecule has 1 fully saturated rings. The molecule has 1 aliphatic heterocycles. The number of hydrogen-bond acceptors (Lipinski definition) is 6. The summed E-state index contributed by atoms with van der Waals surface area (Å²) in [5, 5.41) is 23.2. The largest absolute Gasteiger partial charge is 0.480 e. The normalized spacial score (nSPS) is 16.9. The van der Waals surface area contributed by atoms with Crippen LogP contribution in [0.1, 0.15) is 29.9 Å². The van der Waals surface area contributed by atoms with Gasteiger partial charge in [0.1, 0.15) is 12.6 Å². The first-order valence-electron chi connectivity index (χ1n) is 11.4. The van der Waals surface area contributed by atoms with Crippen LogP contribution in [0.2, 0.25) is 0 Å². The third-order valence-corrected chi connectivity index (χ3v) is 6.44. The number of hydrogen-bond donors (Lipinski definition) is 4. The van der Waals surface area contributed by atoms with E-state index in [9.17, 15) is 14.4 Å². The molecule has 1 heterocycles. The molecule has 9 heteroatoms. The number of carboxylic acids is 1. The number of piperidine rings is 1. The number of likely N-dealkylation sites (tertiary alicyclic amines) is 1. The Kier molecular flexibility index (Phi) is 7.44. The summed E-state index contributed by atoms with van der Waals surface area (Å²) in [7, 11) is 0. The fraction of sp³-hybridized carbons (Fsp3) is 0.400. The maximum absolute atomic E-state index is 12.5. The van der Waals surface area contributed by atoms with Crippen molar-refractivity contribution in [1.29, 1.82) is 0 Å². The highest BCUT2D eigenvalue weighted by Crippen LogP contribution is 2.44. The van der Waals surface area contributed by atoms with Crippen molar-refractivity contribution in [2.24, 2.45) is 0 Å². The van der Waals surface area contributed by atoms with Gasteiger partial charge in [0.05, 0.1) is 13.2 Å². The Morgan fingerprint density at radius 2 is 1.59 bits per heavy atom. The first-order valence-corrected chi connectivity index (χ1v) is 11.4. The molecular formula is C25H29N3O6. The van der Waals surface area contributed by atoms with Gasteiger partial charge in [0.2, 0.25) is 5.91 Å². The van der Waals surface area contributed by atoms with Crippen molar-refractivity contribution >= 4 is 18.0 Å². The predicted octanol–water partition coefficient (Wildman–Crippen LogP) is 1.55. The van der Waals surface area contributed by atoms with Crippen LogP contribution in [0.5, 0.6) is 0 Å². The van der Waals surface area contributed by atoms with Crippen LogP contribution in [0.25, 0.3) is 11.1 Å². The van der Waals surface area contributed by atoms with Crippen molar-refractivity contribution in [3.63, 3.8) is 0 Å². The van der Waals surface area contributed by atoms with E-state index in [1.807, 2.05) is 29.2 Å². The summed E-state index contributed by atoms with van der Waals surface area (Å²) >= 11 is 0. The molecule has 1 saturated heterocycles. The molecule has 1 atom stereocenters. The van der Waals surface area contributed by atoms with Crippen LogP contribution in [0, 0.1) is 0 Å². The smallest absolute Gasteiger partial charge is 0.407 e. The van der Waals surface area contributed by atoms with E-state index in [-0.39, 0.29) is 25.1 Å². The Hall–Kier alpha value is -3.43. The lowest BCUT2D eigenvalue weighted by atomic mass is 9.98. The number of benzene rings is 2. The highest BCUT2D eigenvalue weighted by Gasteiger charge is 2.30. The van der Waals surface area contributed by atoms with Crippen LogP contribution >= 0.6 is 0 Å². The molecule has 2 aliphatic rings. The van der Waals surface area contributed by atoms with E-state index in [2.05, 4.69) is 34.9 Å². The molecule has 2 aromatic carbocycles. The zero-order valence-corrected chi connectivity index (χ0v) is 18.8. The predicted molar refractivity (Wildman–Crippen MR) is 124 cm³/mol. The van der Waals surface area contributed by atoms with Gasteiger partial charge in [-0.15, -0.1) is 0 Å². The summed E-state index contributed by atoms with van der Waals surface area (Å²) < 4.78 is 5.61. The molecule has 4 N–H and O–H groups in total. The number of nitrogens with zero attached hydrogens (tertiary/aromatic N) is 1. The number of rotatable bonds is 8. The fourth-order valence-electron chi connectivity index (χ4n) is 4.67. The van der Waals surface area contributed by atoms with Crippen LogP contribution in [0.3, 0.4) is 0 Å². The number of ether oxygens (including phenoxy) is 1. The molecule has 9 nitrogen and oxygen atoms in total. The van der Waals surface area contributed by atoms with Crippen molar-refractivity contribution in [1.82, 2.24) is 15.5 Å². The summed E-state index contributed by atoms with van der Waals surface area (Å²) in [5.41, 5.74) is 4.68. The van der Waals surface area contributed by atoms with Crippen LogP contribution in [-0.2, 0) is 14.3 Å². The first-order chi connectivity index (χ1) is 16.5. The number of carbonyl (C=O) groups is 3. The van der Waals surface area contributed by atoms with E-state index in [0.29, 0.717) is 25.9 Å². The Bertz CT molecular complexity index is 1000. The van der Waals surface area contributed by atoms with E-state index in [1.165, 1.54) is 11.1 Å². The summed E-state index contributed by atoms with van der Waals surface area (Å²) in [5.74, 6) is -1.72. The quantitative estimate of drug-likeness (QED) is 0.464. The second-order valence-electron chi connectivity index (χ2n) is 8.66. The van der Waals surface area contributed by atoms with Crippen LogP contribution in [0.15, 0.2) is 48.5 Å². The lowest BCUT2D eigenvalue weighted by Crippen LogP contribution is -2.50. The summed E-state index contributed by atoms with van der Waals surface area (Å²) in [6.45, 7) is 0.806. The van der Waals surface area contributed by atoms with Gasteiger partial charge in [-0.05, 0) is 35.1 Å².